The van der Waals surface area contributed by atoms with Gasteiger partial charge in [-0.2, -0.15) is 0 Å². The second kappa shape index (κ2) is 6.59. The van der Waals surface area contributed by atoms with Gasteiger partial charge in [-0.25, -0.2) is 0 Å². The third kappa shape index (κ3) is 3.55. The molecule has 22 heavy (non-hydrogen) atoms. The second-order valence-electron chi connectivity index (χ2n) is 7.60. The van der Waals surface area contributed by atoms with Crippen LogP contribution in [0.15, 0.2) is 0 Å². The first-order valence-corrected chi connectivity index (χ1v) is 9.92. The summed E-state index contributed by atoms with van der Waals surface area (Å²) in [5, 5.41) is 0. The lowest BCUT2D eigenvalue weighted by Gasteiger charge is -2.36. The van der Waals surface area contributed by atoms with Gasteiger partial charge in [0.2, 0.25) is 0 Å². The molecule has 0 radical (unpaired) electrons. The van der Waals surface area contributed by atoms with Gasteiger partial charge < -0.3 is 18.0 Å². The molecule has 0 aromatic heterocycles. The molecule has 0 N–H and O–H groups in total. The quantitative estimate of drug-likeness (QED) is 0.553. The lowest BCUT2D eigenvalue weighted by Crippen LogP contribution is -2.49. The van der Waals surface area contributed by atoms with Crippen LogP contribution < -0.4 is 0 Å². The molecule has 0 heterocycles. The molecule has 2 aliphatic rings. The summed E-state index contributed by atoms with van der Waals surface area (Å²) in [6, 6.07) is 0. The molecule has 0 amide bonds. The zero-order chi connectivity index (χ0) is 16.5. The van der Waals surface area contributed by atoms with Crippen molar-refractivity contribution in [2.75, 3.05) is 21.3 Å². The molecule has 2 aliphatic carbocycles. The minimum absolute atomic E-state index is 0.0738. The average molecular weight is 330 g/mol. The van der Waals surface area contributed by atoms with E-state index in [1.165, 1.54) is 0 Å². The van der Waals surface area contributed by atoms with Crippen molar-refractivity contribution in [3.05, 3.63) is 0 Å². The van der Waals surface area contributed by atoms with E-state index < -0.39 is 14.4 Å². The van der Waals surface area contributed by atoms with Gasteiger partial charge in [-0.3, -0.25) is 4.79 Å². The highest BCUT2D eigenvalue weighted by molar-refractivity contribution is 6.62. The summed E-state index contributed by atoms with van der Waals surface area (Å²) < 4.78 is 22.4. The number of fused-ring (bicyclic) bond motifs is 2. The number of esters is 1. The summed E-state index contributed by atoms with van der Waals surface area (Å²) in [4.78, 5) is 12.1. The second-order valence-corrected chi connectivity index (χ2v) is 10.8. The standard InChI is InChI=1S/C16H30O5Si/c1-16(2,3)21-15(17)10-12-8-13-7-11(12)9-14(13)22(18-4,19-5)20-6/h11-14H,7-10H2,1-6H3. The van der Waals surface area contributed by atoms with Crippen LogP contribution in [0.5, 0.6) is 0 Å². The largest absolute Gasteiger partial charge is 0.503 e. The smallest absolute Gasteiger partial charge is 0.460 e. The molecule has 2 rings (SSSR count). The molecule has 0 saturated heterocycles. The highest BCUT2D eigenvalue weighted by atomic mass is 28.4. The van der Waals surface area contributed by atoms with Crippen molar-refractivity contribution in [3.63, 3.8) is 0 Å². The predicted octanol–water partition coefficient (Wildman–Crippen LogP) is 3.01. The van der Waals surface area contributed by atoms with E-state index in [9.17, 15) is 4.79 Å². The van der Waals surface area contributed by atoms with Crippen LogP contribution in [0.25, 0.3) is 0 Å². The van der Waals surface area contributed by atoms with E-state index in [0.717, 1.165) is 19.3 Å². The first-order valence-electron chi connectivity index (χ1n) is 8.12. The fourth-order valence-electron chi connectivity index (χ4n) is 4.38. The summed E-state index contributed by atoms with van der Waals surface area (Å²) in [6.07, 6.45) is 3.79. The van der Waals surface area contributed by atoms with Crippen LogP contribution in [0.3, 0.4) is 0 Å². The highest BCUT2D eigenvalue weighted by Gasteiger charge is 2.59. The molecule has 0 aromatic carbocycles. The molecule has 6 heteroatoms. The van der Waals surface area contributed by atoms with E-state index in [1.54, 1.807) is 21.3 Å². The SMILES string of the molecule is CO[Si](OC)(OC)C1CC2CC1CC2CC(=O)OC(C)(C)C. The zero-order valence-corrected chi connectivity index (χ0v) is 15.7. The normalized spacial score (nSPS) is 31.5. The Morgan fingerprint density at radius 3 is 2.00 bits per heavy atom. The van der Waals surface area contributed by atoms with Crippen LogP contribution in [-0.4, -0.2) is 41.7 Å². The van der Waals surface area contributed by atoms with Crippen molar-refractivity contribution in [3.8, 4) is 0 Å². The van der Waals surface area contributed by atoms with Crippen molar-refractivity contribution in [2.45, 2.75) is 57.6 Å². The van der Waals surface area contributed by atoms with Gasteiger partial charge in [0.15, 0.2) is 0 Å². The Kier molecular flexibility index (Phi) is 5.37. The van der Waals surface area contributed by atoms with Crippen LogP contribution in [0, 0.1) is 17.8 Å². The van der Waals surface area contributed by atoms with Gasteiger partial charge in [0.05, 0.1) is 0 Å². The molecule has 5 nitrogen and oxygen atoms in total. The average Bonchev–Trinajstić information content (AvgIpc) is 2.99. The summed E-state index contributed by atoms with van der Waals surface area (Å²) in [7, 11) is 2.49. The molecular formula is C16H30O5Si. The Hall–Kier alpha value is -0.433. The van der Waals surface area contributed by atoms with E-state index in [4.69, 9.17) is 18.0 Å². The molecule has 4 unspecified atom stereocenters. The van der Waals surface area contributed by atoms with Crippen LogP contribution in [0.2, 0.25) is 5.54 Å². The van der Waals surface area contributed by atoms with Crippen LogP contribution in [0.1, 0.15) is 46.5 Å². The predicted molar refractivity (Wildman–Crippen MR) is 85.3 cm³/mol. The number of ether oxygens (including phenoxy) is 1. The zero-order valence-electron chi connectivity index (χ0n) is 14.7. The van der Waals surface area contributed by atoms with E-state index in [2.05, 4.69) is 0 Å². The van der Waals surface area contributed by atoms with Crippen molar-refractivity contribution in [1.29, 1.82) is 0 Å². The van der Waals surface area contributed by atoms with Crippen LogP contribution in [-0.2, 0) is 22.8 Å². The van der Waals surface area contributed by atoms with Crippen LogP contribution in [0.4, 0.5) is 0 Å². The van der Waals surface area contributed by atoms with Gasteiger partial charge in [0.25, 0.3) is 0 Å². The van der Waals surface area contributed by atoms with Gasteiger partial charge in [-0.15, -0.1) is 0 Å². The molecule has 0 spiro atoms. The minimum atomic E-state index is -2.56. The lowest BCUT2D eigenvalue weighted by molar-refractivity contribution is -0.156. The van der Waals surface area contributed by atoms with Gasteiger partial charge in [0, 0.05) is 33.3 Å². The third-order valence-electron chi connectivity index (χ3n) is 5.16. The van der Waals surface area contributed by atoms with Crippen molar-refractivity contribution in [1.82, 2.24) is 0 Å². The van der Waals surface area contributed by atoms with E-state index >= 15 is 0 Å². The Morgan fingerprint density at radius 2 is 1.59 bits per heavy atom. The molecule has 0 aliphatic heterocycles. The van der Waals surface area contributed by atoms with Crippen LogP contribution >= 0.6 is 0 Å². The maximum atomic E-state index is 12.1. The first-order chi connectivity index (χ1) is 10.2. The fraction of sp³-hybridized carbons (Fsp3) is 0.938. The van der Waals surface area contributed by atoms with Gasteiger partial charge in [0.1, 0.15) is 5.60 Å². The monoisotopic (exact) mass is 330 g/mol. The van der Waals surface area contributed by atoms with Gasteiger partial charge in [-0.1, -0.05) is 0 Å². The summed E-state index contributed by atoms with van der Waals surface area (Å²) >= 11 is 0. The molecule has 2 fully saturated rings. The maximum Gasteiger partial charge on any atom is 0.503 e. The van der Waals surface area contributed by atoms with E-state index in [1.807, 2.05) is 20.8 Å². The maximum absolute atomic E-state index is 12.1. The van der Waals surface area contributed by atoms with Crippen molar-refractivity contribution >= 4 is 14.8 Å². The number of rotatable bonds is 6. The fourth-order valence-corrected chi connectivity index (χ4v) is 7.23. The molecular weight excluding hydrogens is 300 g/mol. The molecule has 128 valence electrons. The van der Waals surface area contributed by atoms with E-state index in [-0.39, 0.29) is 5.97 Å². The summed E-state index contributed by atoms with van der Waals surface area (Å²) in [5.74, 6) is 1.47. The molecule has 2 bridgehead atoms. The summed E-state index contributed by atoms with van der Waals surface area (Å²) in [5.41, 5.74) is -0.0334. The highest BCUT2D eigenvalue weighted by Crippen LogP contribution is 2.59. The van der Waals surface area contributed by atoms with Crippen molar-refractivity contribution < 1.29 is 22.8 Å². The Morgan fingerprint density at radius 1 is 1.00 bits per heavy atom. The summed E-state index contributed by atoms with van der Waals surface area (Å²) in [6.45, 7) is 5.74. The number of carbonyl (C=O) groups is 1. The number of hydrogen-bond donors (Lipinski definition) is 0. The third-order valence-corrected chi connectivity index (χ3v) is 8.48. The topological polar surface area (TPSA) is 54.0 Å². The lowest BCUT2D eigenvalue weighted by atomic mass is 9.86. The van der Waals surface area contributed by atoms with Gasteiger partial charge >= 0.3 is 14.8 Å². The Labute approximate surface area is 135 Å². The van der Waals surface area contributed by atoms with Gasteiger partial charge in [-0.05, 0) is 57.8 Å². The molecule has 0 aromatic rings. The molecule has 2 saturated carbocycles. The minimum Gasteiger partial charge on any atom is -0.460 e. The number of hydrogen-bond acceptors (Lipinski definition) is 5. The Balaban J connectivity index is 1.94. The first kappa shape index (κ1) is 17.9. The number of carbonyl (C=O) groups excluding carboxylic acids is 1. The van der Waals surface area contributed by atoms with Crippen molar-refractivity contribution in [2.24, 2.45) is 17.8 Å². The molecule has 4 atom stereocenters. The Bertz CT molecular complexity index is 394. The van der Waals surface area contributed by atoms with E-state index in [0.29, 0.717) is 29.7 Å².